The van der Waals surface area contributed by atoms with Crippen LogP contribution in [0.4, 0.5) is 0 Å². The van der Waals surface area contributed by atoms with Gasteiger partial charge in [-0.05, 0) is 38.8 Å². The van der Waals surface area contributed by atoms with Crippen molar-refractivity contribution in [2.45, 2.75) is 39.2 Å². The molecule has 1 rings (SSSR count). The largest absolute Gasteiger partial charge is 0.300 e. The van der Waals surface area contributed by atoms with Crippen LogP contribution in [0.5, 0.6) is 0 Å². The molecule has 3 heteroatoms. The van der Waals surface area contributed by atoms with Crippen molar-refractivity contribution >= 4 is 17.4 Å². The van der Waals surface area contributed by atoms with E-state index < -0.39 is 0 Å². The summed E-state index contributed by atoms with van der Waals surface area (Å²) in [7, 11) is 0. The van der Waals surface area contributed by atoms with Crippen molar-refractivity contribution in [1.29, 1.82) is 0 Å². The molecule has 0 radical (unpaired) electrons. The molecule has 14 heavy (non-hydrogen) atoms. The van der Waals surface area contributed by atoms with Gasteiger partial charge in [-0.25, -0.2) is 0 Å². The van der Waals surface area contributed by atoms with Crippen molar-refractivity contribution in [2.24, 2.45) is 0 Å². The van der Waals surface area contributed by atoms with Gasteiger partial charge in [0.25, 0.3) is 0 Å². The lowest BCUT2D eigenvalue weighted by Gasteiger charge is -2.23. The van der Waals surface area contributed by atoms with E-state index in [9.17, 15) is 4.79 Å². The first-order chi connectivity index (χ1) is 6.63. The number of carbonyl (C=O) groups is 1. The number of likely N-dealkylation sites (tertiary alicyclic amines) is 1. The second kappa shape index (κ2) is 5.52. The Bertz CT molecular complexity index is 237. The number of ketones is 1. The zero-order valence-electron chi connectivity index (χ0n) is 8.92. The van der Waals surface area contributed by atoms with Crippen molar-refractivity contribution in [2.75, 3.05) is 13.1 Å². The first-order valence-corrected chi connectivity index (χ1v) is 5.56. The van der Waals surface area contributed by atoms with Crippen LogP contribution in [0, 0.1) is 0 Å². The van der Waals surface area contributed by atoms with Crippen LogP contribution in [0.2, 0.25) is 0 Å². The van der Waals surface area contributed by atoms with E-state index in [1.807, 2.05) is 6.92 Å². The van der Waals surface area contributed by atoms with Gasteiger partial charge >= 0.3 is 0 Å². The van der Waals surface area contributed by atoms with Gasteiger partial charge in [0.1, 0.15) is 5.78 Å². The second-order valence-electron chi connectivity index (χ2n) is 4.13. The third-order valence-corrected chi connectivity index (χ3v) is 3.03. The van der Waals surface area contributed by atoms with Crippen molar-refractivity contribution in [1.82, 2.24) is 4.90 Å². The molecular weight excluding hydrogens is 198 g/mol. The Balaban J connectivity index is 2.46. The van der Waals surface area contributed by atoms with Gasteiger partial charge < -0.3 is 0 Å². The van der Waals surface area contributed by atoms with E-state index in [1.165, 1.54) is 12.0 Å². The van der Waals surface area contributed by atoms with E-state index >= 15 is 0 Å². The van der Waals surface area contributed by atoms with E-state index in [4.69, 9.17) is 11.6 Å². The molecule has 1 unspecified atom stereocenters. The summed E-state index contributed by atoms with van der Waals surface area (Å²) in [5.74, 6) is 0.286. The minimum atomic E-state index is 0.286. The zero-order chi connectivity index (χ0) is 10.6. The minimum Gasteiger partial charge on any atom is -0.300 e. The Kier molecular flexibility index (Phi) is 4.63. The van der Waals surface area contributed by atoms with E-state index in [2.05, 4.69) is 4.90 Å². The maximum absolute atomic E-state index is 11.0. The van der Waals surface area contributed by atoms with Crippen LogP contribution in [0.15, 0.2) is 11.1 Å². The normalized spacial score (nSPS) is 24.2. The molecule has 0 aromatic rings. The quantitative estimate of drug-likeness (QED) is 0.719. The molecule has 0 aromatic carbocycles. The number of Topliss-reactive ketones (excluding diaryl/α,β-unsaturated/α-hetero) is 1. The van der Waals surface area contributed by atoms with Gasteiger partial charge in [0, 0.05) is 24.5 Å². The maximum atomic E-state index is 11.0. The molecule has 0 aromatic heterocycles. The van der Waals surface area contributed by atoms with Crippen molar-refractivity contribution in [3.63, 3.8) is 0 Å². The Morgan fingerprint density at radius 1 is 1.57 bits per heavy atom. The molecule has 0 amide bonds. The molecular formula is C11H18ClNO. The summed E-state index contributed by atoms with van der Waals surface area (Å²) in [5.41, 5.74) is 2.80. The first-order valence-electron chi connectivity index (χ1n) is 5.13. The Hall–Kier alpha value is -0.340. The van der Waals surface area contributed by atoms with Crippen molar-refractivity contribution in [3.05, 3.63) is 11.1 Å². The van der Waals surface area contributed by atoms with Gasteiger partial charge in [0.2, 0.25) is 0 Å². The third-order valence-electron chi connectivity index (χ3n) is 2.66. The van der Waals surface area contributed by atoms with E-state index in [-0.39, 0.29) is 5.78 Å². The van der Waals surface area contributed by atoms with Crippen LogP contribution in [-0.2, 0) is 4.79 Å². The third kappa shape index (κ3) is 3.43. The molecule has 80 valence electrons. The minimum absolute atomic E-state index is 0.286. The number of hydrogen-bond donors (Lipinski definition) is 0. The van der Waals surface area contributed by atoms with Crippen LogP contribution in [0.1, 0.15) is 33.1 Å². The summed E-state index contributed by atoms with van der Waals surface area (Å²) >= 11 is 5.63. The average molecular weight is 216 g/mol. The molecule has 1 fully saturated rings. The average Bonchev–Trinajstić information content (AvgIpc) is 2.52. The highest BCUT2D eigenvalue weighted by Gasteiger charge is 2.25. The molecule has 1 aliphatic rings. The maximum Gasteiger partial charge on any atom is 0.131 e. The first kappa shape index (κ1) is 11.7. The van der Waals surface area contributed by atoms with E-state index in [1.54, 1.807) is 12.5 Å². The molecule has 1 heterocycles. The standard InChI is InChI=1S/C11H18ClNO/c1-9(7-12)8-13-5-3-4-11(13)6-10(2)14/h7,11H,3-6,8H2,1-2H3. The van der Waals surface area contributed by atoms with Crippen LogP contribution in [-0.4, -0.2) is 29.8 Å². The molecule has 0 saturated carbocycles. The molecule has 0 aliphatic carbocycles. The van der Waals surface area contributed by atoms with Gasteiger partial charge in [0.05, 0.1) is 0 Å². The predicted octanol–water partition coefficient (Wildman–Crippen LogP) is 2.57. The smallest absolute Gasteiger partial charge is 0.131 e. The topological polar surface area (TPSA) is 20.3 Å². The van der Waals surface area contributed by atoms with Crippen molar-refractivity contribution < 1.29 is 4.79 Å². The Morgan fingerprint density at radius 3 is 2.86 bits per heavy atom. The Morgan fingerprint density at radius 2 is 2.29 bits per heavy atom. The monoisotopic (exact) mass is 215 g/mol. The fourth-order valence-corrected chi connectivity index (χ4v) is 2.09. The highest BCUT2D eigenvalue weighted by Crippen LogP contribution is 2.21. The summed E-state index contributed by atoms with van der Waals surface area (Å²) in [6, 6.07) is 0.444. The lowest BCUT2D eigenvalue weighted by atomic mass is 10.1. The van der Waals surface area contributed by atoms with Gasteiger partial charge in [-0.3, -0.25) is 9.69 Å². The number of hydrogen-bond acceptors (Lipinski definition) is 2. The molecule has 1 saturated heterocycles. The summed E-state index contributed by atoms with van der Waals surface area (Å²) < 4.78 is 0. The van der Waals surface area contributed by atoms with E-state index in [0.29, 0.717) is 12.5 Å². The number of carbonyl (C=O) groups excluding carboxylic acids is 1. The summed E-state index contributed by atoms with van der Waals surface area (Å²) in [5, 5.41) is 0. The zero-order valence-corrected chi connectivity index (χ0v) is 9.68. The highest BCUT2D eigenvalue weighted by atomic mass is 35.5. The lowest BCUT2D eigenvalue weighted by molar-refractivity contribution is -0.117. The van der Waals surface area contributed by atoms with Gasteiger partial charge in [-0.2, -0.15) is 0 Å². The van der Waals surface area contributed by atoms with E-state index in [0.717, 1.165) is 19.5 Å². The molecule has 0 bridgehead atoms. The lowest BCUT2D eigenvalue weighted by Crippen LogP contribution is -2.32. The van der Waals surface area contributed by atoms with Crippen LogP contribution in [0.25, 0.3) is 0 Å². The predicted molar refractivity (Wildman–Crippen MR) is 59.5 cm³/mol. The van der Waals surface area contributed by atoms with Crippen LogP contribution < -0.4 is 0 Å². The summed E-state index contributed by atoms with van der Waals surface area (Å²) in [6.45, 7) is 5.69. The molecule has 0 spiro atoms. The van der Waals surface area contributed by atoms with Gasteiger partial charge in [0.15, 0.2) is 0 Å². The van der Waals surface area contributed by atoms with Gasteiger partial charge in [-0.1, -0.05) is 11.6 Å². The number of halogens is 1. The Labute approximate surface area is 90.9 Å². The van der Waals surface area contributed by atoms with Crippen LogP contribution in [0.3, 0.4) is 0 Å². The fourth-order valence-electron chi connectivity index (χ4n) is 2.02. The van der Waals surface area contributed by atoms with Crippen molar-refractivity contribution in [3.8, 4) is 0 Å². The molecule has 2 nitrogen and oxygen atoms in total. The summed E-state index contributed by atoms with van der Waals surface area (Å²) in [4.78, 5) is 13.4. The molecule has 1 atom stereocenters. The SMILES string of the molecule is CC(=O)CC1CCCN1CC(C)=CCl. The molecule has 0 N–H and O–H groups in total. The van der Waals surface area contributed by atoms with Crippen LogP contribution >= 0.6 is 11.6 Å². The fraction of sp³-hybridized carbons (Fsp3) is 0.727. The molecule has 1 aliphatic heterocycles. The van der Waals surface area contributed by atoms with Gasteiger partial charge in [-0.15, -0.1) is 0 Å². The number of rotatable bonds is 4. The number of nitrogens with zero attached hydrogens (tertiary/aromatic N) is 1. The summed E-state index contributed by atoms with van der Waals surface area (Å²) in [6.07, 6.45) is 3.04. The highest BCUT2D eigenvalue weighted by molar-refractivity contribution is 6.25. The second-order valence-corrected chi connectivity index (χ2v) is 4.35.